The van der Waals surface area contributed by atoms with Crippen LogP contribution < -0.4 is 19.1 Å². The standard InChI is InChI=1S/C35H37Cl2N3O6S/c1-24(2)38-35(42)32(19-25-11-7-5-8-12-25)39(22-26-15-16-27(36)20-30(26)37)34(41)23-40(47(43,44)29-13-9-6-10-14-29)31-21-28(45-3)17-18-33(31)46-4/h5-18,20-21,24,32H,19,22-23H2,1-4H3,(H,38,42). The van der Waals surface area contributed by atoms with Crippen LogP contribution in [-0.4, -0.2) is 58.0 Å². The van der Waals surface area contributed by atoms with E-state index >= 15 is 0 Å². The zero-order valence-corrected chi connectivity index (χ0v) is 28.9. The second-order valence-electron chi connectivity index (χ2n) is 11.0. The number of sulfonamides is 1. The highest BCUT2D eigenvalue weighted by atomic mass is 35.5. The lowest BCUT2D eigenvalue weighted by molar-refractivity contribution is -0.140. The maximum Gasteiger partial charge on any atom is 0.264 e. The number of amides is 2. The van der Waals surface area contributed by atoms with E-state index in [-0.39, 0.29) is 35.3 Å². The van der Waals surface area contributed by atoms with Crippen LogP contribution in [0.5, 0.6) is 11.5 Å². The molecule has 0 aromatic heterocycles. The minimum Gasteiger partial charge on any atom is -0.497 e. The van der Waals surface area contributed by atoms with E-state index in [2.05, 4.69) is 5.32 Å². The molecule has 2 amide bonds. The minimum atomic E-state index is -4.34. The molecule has 0 spiro atoms. The molecule has 1 unspecified atom stereocenters. The lowest BCUT2D eigenvalue weighted by Crippen LogP contribution is -2.54. The minimum absolute atomic E-state index is 0.0386. The quantitative estimate of drug-likeness (QED) is 0.164. The first-order valence-electron chi connectivity index (χ1n) is 14.8. The number of carbonyl (C=O) groups is 2. The fourth-order valence-corrected chi connectivity index (χ4v) is 6.90. The summed E-state index contributed by atoms with van der Waals surface area (Å²) in [5.74, 6) is -0.507. The monoisotopic (exact) mass is 697 g/mol. The van der Waals surface area contributed by atoms with Gasteiger partial charge in [0.25, 0.3) is 10.0 Å². The molecule has 47 heavy (non-hydrogen) atoms. The number of benzene rings is 4. The number of anilines is 1. The molecule has 0 aliphatic rings. The molecule has 0 bridgehead atoms. The van der Waals surface area contributed by atoms with E-state index in [1.807, 2.05) is 44.2 Å². The zero-order chi connectivity index (χ0) is 34.1. The molecule has 1 N–H and O–H groups in total. The number of ether oxygens (including phenoxy) is 2. The Hall–Kier alpha value is -4.25. The molecular formula is C35H37Cl2N3O6S. The number of rotatable bonds is 14. The van der Waals surface area contributed by atoms with E-state index < -0.39 is 34.4 Å². The van der Waals surface area contributed by atoms with Crippen LogP contribution in [0, 0.1) is 0 Å². The topological polar surface area (TPSA) is 105 Å². The van der Waals surface area contributed by atoms with Gasteiger partial charge < -0.3 is 19.7 Å². The Balaban J connectivity index is 1.88. The molecule has 4 aromatic carbocycles. The molecular weight excluding hydrogens is 661 g/mol. The Labute approximate surface area is 286 Å². The summed E-state index contributed by atoms with van der Waals surface area (Å²) in [6.07, 6.45) is 0.157. The molecule has 1 atom stereocenters. The average molecular weight is 699 g/mol. The smallest absolute Gasteiger partial charge is 0.264 e. The van der Waals surface area contributed by atoms with Gasteiger partial charge in [-0.15, -0.1) is 0 Å². The highest BCUT2D eigenvalue weighted by molar-refractivity contribution is 7.92. The molecule has 248 valence electrons. The summed E-state index contributed by atoms with van der Waals surface area (Å²) in [6.45, 7) is 2.87. The second-order valence-corrected chi connectivity index (χ2v) is 13.7. The Kier molecular flexibility index (Phi) is 12.1. The van der Waals surface area contributed by atoms with E-state index in [1.54, 1.807) is 48.5 Å². The van der Waals surface area contributed by atoms with Gasteiger partial charge in [-0.2, -0.15) is 0 Å². The third-order valence-corrected chi connectivity index (χ3v) is 9.68. The summed E-state index contributed by atoms with van der Waals surface area (Å²) in [6, 6.07) is 25.3. The average Bonchev–Trinajstić information content (AvgIpc) is 3.06. The largest absolute Gasteiger partial charge is 0.497 e. The van der Waals surface area contributed by atoms with Gasteiger partial charge in [-0.25, -0.2) is 8.42 Å². The molecule has 0 aliphatic carbocycles. The van der Waals surface area contributed by atoms with Gasteiger partial charge >= 0.3 is 0 Å². The Morgan fingerprint density at radius 1 is 0.851 bits per heavy atom. The predicted molar refractivity (Wildman–Crippen MR) is 185 cm³/mol. The summed E-state index contributed by atoms with van der Waals surface area (Å²) in [4.78, 5) is 29.8. The molecule has 0 saturated heterocycles. The maximum atomic E-state index is 14.7. The van der Waals surface area contributed by atoms with Gasteiger partial charge in [0.2, 0.25) is 11.8 Å². The van der Waals surface area contributed by atoms with E-state index in [1.165, 1.54) is 37.3 Å². The summed E-state index contributed by atoms with van der Waals surface area (Å²) < 4.78 is 40.5. The van der Waals surface area contributed by atoms with Crippen molar-refractivity contribution in [1.29, 1.82) is 0 Å². The summed E-state index contributed by atoms with van der Waals surface area (Å²) >= 11 is 12.7. The Morgan fingerprint density at radius 3 is 2.11 bits per heavy atom. The molecule has 0 fully saturated rings. The van der Waals surface area contributed by atoms with Crippen molar-refractivity contribution in [1.82, 2.24) is 10.2 Å². The van der Waals surface area contributed by atoms with E-state index in [4.69, 9.17) is 32.7 Å². The molecule has 0 aliphatic heterocycles. The van der Waals surface area contributed by atoms with Crippen LogP contribution in [0.3, 0.4) is 0 Å². The number of nitrogens with zero attached hydrogens (tertiary/aromatic N) is 2. The van der Waals surface area contributed by atoms with Crippen molar-refractivity contribution in [2.45, 2.75) is 43.8 Å². The number of halogens is 2. The molecule has 12 heteroatoms. The maximum absolute atomic E-state index is 14.7. The summed E-state index contributed by atoms with van der Waals surface area (Å²) in [5.41, 5.74) is 1.41. The van der Waals surface area contributed by atoms with Crippen molar-refractivity contribution in [3.63, 3.8) is 0 Å². The fraction of sp³-hybridized carbons (Fsp3) is 0.257. The van der Waals surface area contributed by atoms with Gasteiger partial charge in [0, 0.05) is 35.1 Å². The van der Waals surface area contributed by atoms with Gasteiger partial charge in [0.1, 0.15) is 24.1 Å². The van der Waals surface area contributed by atoms with Crippen LogP contribution in [-0.2, 0) is 32.6 Å². The van der Waals surface area contributed by atoms with Crippen LogP contribution in [0.1, 0.15) is 25.0 Å². The highest BCUT2D eigenvalue weighted by Crippen LogP contribution is 2.36. The van der Waals surface area contributed by atoms with Gasteiger partial charge in [0.15, 0.2) is 0 Å². The van der Waals surface area contributed by atoms with Crippen molar-refractivity contribution in [2.24, 2.45) is 0 Å². The SMILES string of the molecule is COc1ccc(OC)c(N(CC(=O)N(Cc2ccc(Cl)cc2Cl)C(Cc2ccccc2)C(=O)NC(C)C)S(=O)(=O)c2ccccc2)c1. The predicted octanol–water partition coefficient (Wildman–Crippen LogP) is 6.37. The van der Waals surface area contributed by atoms with Crippen molar-refractivity contribution in [3.8, 4) is 11.5 Å². The highest BCUT2D eigenvalue weighted by Gasteiger charge is 2.36. The second kappa shape index (κ2) is 16.0. The molecule has 9 nitrogen and oxygen atoms in total. The normalized spacial score (nSPS) is 11.9. The molecule has 0 radical (unpaired) electrons. The fourth-order valence-electron chi connectivity index (χ4n) is 4.99. The number of methoxy groups -OCH3 is 2. The Morgan fingerprint density at radius 2 is 1.51 bits per heavy atom. The first-order valence-corrected chi connectivity index (χ1v) is 17.0. The molecule has 0 saturated carbocycles. The molecule has 4 rings (SSSR count). The van der Waals surface area contributed by atoms with Crippen LogP contribution in [0.2, 0.25) is 10.0 Å². The summed E-state index contributed by atoms with van der Waals surface area (Å²) in [7, 11) is -1.49. The van der Waals surface area contributed by atoms with Crippen molar-refractivity contribution in [3.05, 3.63) is 118 Å². The third kappa shape index (κ3) is 8.97. The van der Waals surface area contributed by atoms with E-state index in [0.717, 1.165) is 9.87 Å². The number of hydrogen-bond acceptors (Lipinski definition) is 6. The van der Waals surface area contributed by atoms with Crippen molar-refractivity contribution < 1.29 is 27.5 Å². The molecule has 0 heterocycles. The van der Waals surface area contributed by atoms with Crippen molar-refractivity contribution >= 4 is 50.7 Å². The third-order valence-electron chi connectivity index (χ3n) is 7.32. The zero-order valence-electron chi connectivity index (χ0n) is 26.5. The van der Waals surface area contributed by atoms with Crippen LogP contribution in [0.25, 0.3) is 0 Å². The first-order chi connectivity index (χ1) is 22.4. The van der Waals surface area contributed by atoms with Crippen molar-refractivity contribution in [2.75, 3.05) is 25.1 Å². The van der Waals surface area contributed by atoms with Crippen LogP contribution >= 0.6 is 23.2 Å². The Bertz CT molecular complexity index is 1790. The number of hydrogen-bond donors (Lipinski definition) is 1. The first kappa shape index (κ1) is 35.6. The number of carbonyl (C=O) groups excluding carboxylic acids is 2. The van der Waals surface area contributed by atoms with Crippen LogP contribution in [0.15, 0.2) is 102 Å². The van der Waals surface area contributed by atoms with Gasteiger partial charge in [-0.3, -0.25) is 13.9 Å². The van der Waals surface area contributed by atoms with Gasteiger partial charge in [-0.05, 0) is 61.4 Å². The van der Waals surface area contributed by atoms with Gasteiger partial charge in [0.05, 0.1) is 24.8 Å². The number of nitrogens with one attached hydrogen (secondary N) is 1. The molecule has 4 aromatic rings. The van der Waals surface area contributed by atoms with Gasteiger partial charge in [-0.1, -0.05) is 77.8 Å². The van der Waals surface area contributed by atoms with E-state index in [0.29, 0.717) is 21.4 Å². The van der Waals surface area contributed by atoms with E-state index in [9.17, 15) is 18.0 Å². The lowest BCUT2D eigenvalue weighted by atomic mass is 10.0. The summed E-state index contributed by atoms with van der Waals surface area (Å²) in [5, 5.41) is 3.62. The van der Waals surface area contributed by atoms with Crippen LogP contribution in [0.4, 0.5) is 5.69 Å². The lowest BCUT2D eigenvalue weighted by Gasteiger charge is -2.34.